The van der Waals surface area contributed by atoms with Gasteiger partial charge in [0.25, 0.3) is 0 Å². The van der Waals surface area contributed by atoms with Crippen molar-refractivity contribution in [2.24, 2.45) is 5.92 Å². The van der Waals surface area contributed by atoms with Crippen LogP contribution in [0, 0.1) is 5.92 Å². The number of piperidine rings is 1. The lowest BCUT2D eigenvalue weighted by atomic mass is 9.90. The van der Waals surface area contributed by atoms with Gasteiger partial charge < -0.3 is 5.32 Å². The Hall–Kier alpha value is -0.410. The third-order valence-corrected chi connectivity index (χ3v) is 4.32. The Morgan fingerprint density at radius 3 is 2.79 bits per heavy atom. The van der Waals surface area contributed by atoms with Crippen molar-refractivity contribution >= 4 is 11.3 Å². The van der Waals surface area contributed by atoms with E-state index in [0.717, 1.165) is 18.0 Å². The molecular formula is C11H16N2S. The zero-order valence-corrected chi connectivity index (χ0v) is 9.09. The molecule has 0 radical (unpaired) electrons. The largest absolute Gasteiger partial charge is 0.311 e. The van der Waals surface area contributed by atoms with E-state index in [-0.39, 0.29) is 0 Å². The highest BCUT2D eigenvalue weighted by molar-refractivity contribution is 7.09. The molecule has 3 rings (SSSR count). The zero-order valence-electron chi connectivity index (χ0n) is 8.28. The summed E-state index contributed by atoms with van der Waals surface area (Å²) in [5, 5.41) is 7.10. The first kappa shape index (κ1) is 8.86. The summed E-state index contributed by atoms with van der Waals surface area (Å²) in [7, 11) is 0. The minimum absolute atomic E-state index is 0.818. The number of hydrogen-bond acceptors (Lipinski definition) is 3. The number of rotatable bonds is 2. The smallest absolute Gasteiger partial charge is 0.0927 e. The topological polar surface area (TPSA) is 24.9 Å². The standard InChI is InChI=1S/C11H16N2S/c1-2-10-6-8(5-9(1)13-10)7-11-12-3-4-14-11/h3-4,8-10,13H,1-2,5-7H2. The minimum atomic E-state index is 0.818. The van der Waals surface area contributed by atoms with E-state index in [1.165, 1.54) is 37.1 Å². The number of thiazole rings is 1. The number of fused-ring (bicyclic) bond motifs is 2. The van der Waals surface area contributed by atoms with Crippen LogP contribution >= 0.6 is 11.3 Å². The number of nitrogens with zero attached hydrogens (tertiary/aromatic N) is 1. The molecule has 0 aromatic carbocycles. The van der Waals surface area contributed by atoms with Crippen molar-refractivity contribution < 1.29 is 0 Å². The molecular weight excluding hydrogens is 192 g/mol. The van der Waals surface area contributed by atoms with Gasteiger partial charge in [-0.15, -0.1) is 11.3 Å². The highest BCUT2D eigenvalue weighted by atomic mass is 32.1. The molecule has 14 heavy (non-hydrogen) atoms. The fourth-order valence-corrected chi connectivity index (χ4v) is 3.67. The summed E-state index contributed by atoms with van der Waals surface area (Å²) in [6, 6.07) is 1.64. The van der Waals surface area contributed by atoms with E-state index in [0.29, 0.717) is 0 Å². The van der Waals surface area contributed by atoms with Gasteiger partial charge in [-0.05, 0) is 31.6 Å². The molecule has 3 heteroatoms. The SMILES string of the molecule is c1csc(CC2CC3CCC(C2)N3)n1. The molecule has 1 aromatic heterocycles. The van der Waals surface area contributed by atoms with E-state index in [4.69, 9.17) is 0 Å². The first-order valence-corrected chi connectivity index (χ1v) is 6.42. The molecule has 2 atom stereocenters. The van der Waals surface area contributed by atoms with Crippen molar-refractivity contribution in [1.82, 2.24) is 10.3 Å². The van der Waals surface area contributed by atoms with Gasteiger partial charge >= 0.3 is 0 Å². The number of aromatic nitrogens is 1. The molecule has 2 aliphatic heterocycles. The van der Waals surface area contributed by atoms with Crippen LogP contribution in [0.15, 0.2) is 11.6 Å². The Morgan fingerprint density at radius 1 is 1.36 bits per heavy atom. The predicted octanol–water partition coefficient (Wildman–Crippen LogP) is 2.22. The van der Waals surface area contributed by atoms with E-state index in [1.807, 2.05) is 17.5 Å². The average molecular weight is 208 g/mol. The molecule has 2 fully saturated rings. The zero-order chi connectivity index (χ0) is 9.38. The van der Waals surface area contributed by atoms with Crippen molar-refractivity contribution in [2.75, 3.05) is 0 Å². The van der Waals surface area contributed by atoms with Crippen LogP contribution in [0.3, 0.4) is 0 Å². The molecule has 3 heterocycles. The van der Waals surface area contributed by atoms with Crippen molar-refractivity contribution in [3.05, 3.63) is 16.6 Å². The molecule has 76 valence electrons. The molecule has 1 N–H and O–H groups in total. The fraction of sp³-hybridized carbons (Fsp3) is 0.727. The summed E-state index contributed by atoms with van der Waals surface area (Å²) >= 11 is 1.81. The molecule has 2 saturated heterocycles. The van der Waals surface area contributed by atoms with Crippen LogP contribution < -0.4 is 5.32 Å². The van der Waals surface area contributed by atoms with Gasteiger partial charge in [-0.25, -0.2) is 4.98 Å². The van der Waals surface area contributed by atoms with Crippen LogP contribution in [0.1, 0.15) is 30.7 Å². The van der Waals surface area contributed by atoms with Crippen LogP contribution in [-0.2, 0) is 6.42 Å². The average Bonchev–Trinajstić information content (AvgIpc) is 2.77. The summed E-state index contributed by atoms with van der Waals surface area (Å²) in [4.78, 5) is 4.38. The molecule has 0 spiro atoms. The van der Waals surface area contributed by atoms with Gasteiger partial charge in [-0.1, -0.05) is 0 Å². The van der Waals surface area contributed by atoms with Crippen molar-refractivity contribution in [1.29, 1.82) is 0 Å². The van der Waals surface area contributed by atoms with Gasteiger partial charge in [0.05, 0.1) is 5.01 Å². The van der Waals surface area contributed by atoms with Crippen LogP contribution in [0.4, 0.5) is 0 Å². The number of hydrogen-bond donors (Lipinski definition) is 1. The summed E-state index contributed by atoms with van der Waals surface area (Å²) in [5.41, 5.74) is 0. The Morgan fingerprint density at radius 2 is 2.14 bits per heavy atom. The van der Waals surface area contributed by atoms with Crippen molar-refractivity contribution in [3.8, 4) is 0 Å². The Bertz CT molecular complexity index is 284. The molecule has 2 bridgehead atoms. The molecule has 0 saturated carbocycles. The van der Waals surface area contributed by atoms with Crippen LogP contribution in [0.2, 0.25) is 0 Å². The van der Waals surface area contributed by atoms with E-state index in [1.54, 1.807) is 0 Å². The second-order valence-corrected chi connectivity index (χ2v) is 5.58. The maximum Gasteiger partial charge on any atom is 0.0927 e. The maximum atomic E-state index is 4.38. The molecule has 0 aliphatic carbocycles. The third kappa shape index (κ3) is 1.71. The fourth-order valence-electron chi connectivity index (χ4n) is 2.94. The van der Waals surface area contributed by atoms with Crippen LogP contribution in [0.5, 0.6) is 0 Å². The summed E-state index contributed by atoms with van der Waals surface area (Å²) < 4.78 is 0. The second kappa shape index (κ2) is 3.63. The highest BCUT2D eigenvalue weighted by Crippen LogP contribution is 2.32. The Kier molecular flexibility index (Phi) is 2.30. The summed E-state index contributed by atoms with van der Waals surface area (Å²) in [6.45, 7) is 0. The van der Waals surface area contributed by atoms with Crippen LogP contribution in [0.25, 0.3) is 0 Å². The van der Waals surface area contributed by atoms with E-state index >= 15 is 0 Å². The second-order valence-electron chi connectivity index (χ2n) is 4.61. The molecule has 0 amide bonds. The lowest BCUT2D eigenvalue weighted by Gasteiger charge is -2.28. The number of nitrogens with one attached hydrogen (secondary N) is 1. The summed E-state index contributed by atoms with van der Waals surface area (Å²) in [6.07, 6.45) is 8.69. The molecule has 2 aliphatic rings. The molecule has 2 nitrogen and oxygen atoms in total. The minimum Gasteiger partial charge on any atom is -0.311 e. The predicted molar refractivity (Wildman–Crippen MR) is 58.5 cm³/mol. The summed E-state index contributed by atoms with van der Waals surface area (Å²) in [5.74, 6) is 0.889. The highest BCUT2D eigenvalue weighted by Gasteiger charge is 2.33. The van der Waals surface area contributed by atoms with Gasteiger partial charge in [0.2, 0.25) is 0 Å². The maximum absolute atomic E-state index is 4.38. The van der Waals surface area contributed by atoms with Gasteiger partial charge in [0.1, 0.15) is 0 Å². The van der Waals surface area contributed by atoms with Crippen molar-refractivity contribution in [3.63, 3.8) is 0 Å². The van der Waals surface area contributed by atoms with Gasteiger partial charge in [-0.2, -0.15) is 0 Å². The molecule has 2 unspecified atom stereocenters. The monoisotopic (exact) mass is 208 g/mol. The normalized spacial score (nSPS) is 36.1. The van der Waals surface area contributed by atoms with E-state index in [9.17, 15) is 0 Å². The quantitative estimate of drug-likeness (QED) is 0.806. The van der Waals surface area contributed by atoms with Crippen molar-refractivity contribution in [2.45, 2.75) is 44.2 Å². The van der Waals surface area contributed by atoms with Gasteiger partial charge in [-0.3, -0.25) is 0 Å². The van der Waals surface area contributed by atoms with Crippen LogP contribution in [-0.4, -0.2) is 17.1 Å². The first-order chi connectivity index (χ1) is 6.90. The lowest BCUT2D eigenvalue weighted by Crippen LogP contribution is -2.38. The van der Waals surface area contributed by atoms with Gasteiger partial charge in [0.15, 0.2) is 0 Å². The Balaban J connectivity index is 1.64. The lowest BCUT2D eigenvalue weighted by molar-refractivity contribution is 0.298. The Labute approximate surface area is 88.7 Å². The van der Waals surface area contributed by atoms with Gasteiger partial charge in [0, 0.05) is 30.1 Å². The first-order valence-electron chi connectivity index (χ1n) is 5.54. The third-order valence-electron chi connectivity index (χ3n) is 3.52. The van der Waals surface area contributed by atoms with E-state index < -0.39 is 0 Å². The molecule has 1 aromatic rings. The van der Waals surface area contributed by atoms with E-state index in [2.05, 4.69) is 15.7 Å².